The molecule has 3 nitrogen and oxygen atoms in total. The molecule has 0 fully saturated rings. The van der Waals surface area contributed by atoms with Gasteiger partial charge in [-0.25, -0.2) is 0 Å². The van der Waals surface area contributed by atoms with E-state index in [4.69, 9.17) is 5.73 Å². The van der Waals surface area contributed by atoms with E-state index in [0.717, 1.165) is 14.9 Å². The van der Waals surface area contributed by atoms with Crippen LogP contribution in [0.5, 0.6) is 0 Å². The Morgan fingerprint density at radius 3 is 2.75 bits per heavy atom. The molecule has 1 heterocycles. The second kappa shape index (κ2) is 4.95. The normalized spacial score (nSPS) is 10.7. The fourth-order valence-corrected chi connectivity index (χ4v) is 3.35. The average Bonchev–Trinajstić information content (AvgIpc) is 2.64. The van der Waals surface area contributed by atoms with E-state index >= 15 is 0 Å². The first-order valence-electron chi connectivity index (χ1n) is 4.96. The summed E-state index contributed by atoms with van der Waals surface area (Å²) < 4.78 is 0.970. The Labute approximate surface area is 103 Å². The lowest BCUT2D eigenvalue weighted by Gasteiger charge is -2.06. The van der Waals surface area contributed by atoms with Crippen LogP contribution in [0.25, 0.3) is 0 Å². The van der Waals surface area contributed by atoms with Crippen molar-refractivity contribution in [2.45, 2.75) is 29.6 Å². The van der Waals surface area contributed by atoms with Crippen LogP contribution in [-0.4, -0.2) is 10.2 Å². The van der Waals surface area contributed by atoms with Crippen LogP contribution in [0.2, 0.25) is 0 Å². The Hall–Kier alpha value is -0.910. The molecule has 0 aliphatic heterocycles. The molecule has 5 heteroatoms. The molecule has 0 saturated heterocycles. The van der Waals surface area contributed by atoms with Gasteiger partial charge in [-0.3, -0.25) is 0 Å². The number of benzene rings is 1. The summed E-state index contributed by atoms with van der Waals surface area (Å²) in [6.45, 7) is 4.60. The third kappa shape index (κ3) is 2.61. The summed E-state index contributed by atoms with van der Waals surface area (Å²) in [6.07, 6.45) is 0. The number of aromatic nitrogens is 2. The molecule has 0 saturated carbocycles. The van der Waals surface area contributed by atoms with Crippen LogP contribution in [0.15, 0.2) is 27.4 Å². The topological polar surface area (TPSA) is 51.8 Å². The second-order valence-electron chi connectivity index (χ2n) is 3.50. The molecule has 2 rings (SSSR count). The van der Waals surface area contributed by atoms with Crippen molar-refractivity contribution in [3.05, 3.63) is 34.3 Å². The van der Waals surface area contributed by atoms with Crippen molar-refractivity contribution in [2.24, 2.45) is 5.73 Å². The Morgan fingerprint density at radius 2 is 2.12 bits per heavy atom. The quantitative estimate of drug-likeness (QED) is 0.911. The van der Waals surface area contributed by atoms with Crippen molar-refractivity contribution in [1.82, 2.24) is 10.2 Å². The first-order chi connectivity index (χ1) is 7.69. The Morgan fingerprint density at radius 1 is 1.31 bits per heavy atom. The SMILES string of the molecule is Cc1ccc(CN)c(Sc2nnc(C)s2)c1. The summed E-state index contributed by atoms with van der Waals surface area (Å²) in [5, 5.41) is 9.10. The van der Waals surface area contributed by atoms with Crippen molar-refractivity contribution in [2.75, 3.05) is 0 Å². The monoisotopic (exact) mass is 251 g/mol. The van der Waals surface area contributed by atoms with E-state index in [1.165, 1.54) is 10.5 Å². The van der Waals surface area contributed by atoms with E-state index < -0.39 is 0 Å². The zero-order chi connectivity index (χ0) is 11.5. The summed E-state index contributed by atoms with van der Waals surface area (Å²) in [6, 6.07) is 6.30. The minimum absolute atomic E-state index is 0.556. The van der Waals surface area contributed by atoms with Gasteiger partial charge in [0.15, 0.2) is 4.34 Å². The van der Waals surface area contributed by atoms with Gasteiger partial charge in [0, 0.05) is 11.4 Å². The lowest BCUT2D eigenvalue weighted by Crippen LogP contribution is -1.98. The predicted octanol–water partition coefficient (Wildman–Crippen LogP) is 2.76. The summed E-state index contributed by atoms with van der Waals surface area (Å²) in [4.78, 5) is 1.18. The van der Waals surface area contributed by atoms with E-state index in [-0.39, 0.29) is 0 Å². The van der Waals surface area contributed by atoms with Gasteiger partial charge in [-0.1, -0.05) is 35.2 Å². The molecule has 0 aliphatic carbocycles. The zero-order valence-corrected chi connectivity index (χ0v) is 10.9. The summed E-state index contributed by atoms with van der Waals surface area (Å²) >= 11 is 3.25. The minimum atomic E-state index is 0.556. The van der Waals surface area contributed by atoms with E-state index in [2.05, 4.69) is 35.3 Å². The minimum Gasteiger partial charge on any atom is -0.326 e. The molecule has 2 aromatic rings. The first kappa shape index (κ1) is 11.6. The standard InChI is InChI=1S/C11H13N3S2/c1-7-3-4-9(6-12)10(5-7)16-11-14-13-8(2)15-11/h3-5H,6,12H2,1-2H3. The predicted molar refractivity (Wildman–Crippen MR) is 67.8 cm³/mol. The summed E-state index contributed by atoms with van der Waals surface area (Å²) in [7, 11) is 0. The zero-order valence-electron chi connectivity index (χ0n) is 9.23. The number of hydrogen-bond acceptors (Lipinski definition) is 5. The highest BCUT2D eigenvalue weighted by Crippen LogP contribution is 2.32. The van der Waals surface area contributed by atoms with Crippen molar-refractivity contribution in [1.29, 1.82) is 0 Å². The number of nitrogens with zero attached hydrogens (tertiary/aromatic N) is 2. The molecule has 0 radical (unpaired) electrons. The molecule has 0 aliphatic rings. The molecule has 0 amide bonds. The maximum absolute atomic E-state index is 5.71. The van der Waals surface area contributed by atoms with Crippen LogP contribution >= 0.6 is 23.1 Å². The number of nitrogens with two attached hydrogens (primary N) is 1. The number of hydrogen-bond donors (Lipinski definition) is 1. The first-order valence-corrected chi connectivity index (χ1v) is 6.60. The van der Waals surface area contributed by atoms with Crippen LogP contribution in [-0.2, 0) is 6.54 Å². The van der Waals surface area contributed by atoms with E-state index in [1.807, 2.05) is 6.92 Å². The van der Waals surface area contributed by atoms with Gasteiger partial charge in [-0.05, 0) is 31.0 Å². The largest absolute Gasteiger partial charge is 0.326 e. The van der Waals surface area contributed by atoms with Gasteiger partial charge < -0.3 is 5.73 Å². The van der Waals surface area contributed by atoms with Gasteiger partial charge >= 0.3 is 0 Å². The molecule has 16 heavy (non-hydrogen) atoms. The molecule has 0 bridgehead atoms. The van der Waals surface area contributed by atoms with Gasteiger partial charge in [-0.2, -0.15) is 0 Å². The van der Waals surface area contributed by atoms with E-state index in [9.17, 15) is 0 Å². The van der Waals surface area contributed by atoms with Gasteiger partial charge in [0.25, 0.3) is 0 Å². The van der Waals surface area contributed by atoms with Crippen LogP contribution in [0.1, 0.15) is 16.1 Å². The molecule has 1 aromatic heterocycles. The van der Waals surface area contributed by atoms with Crippen molar-refractivity contribution >= 4 is 23.1 Å². The van der Waals surface area contributed by atoms with Crippen LogP contribution in [0.4, 0.5) is 0 Å². The van der Waals surface area contributed by atoms with Gasteiger partial charge in [0.1, 0.15) is 5.01 Å². The molecule has 1 aromatic carbocycles. The smallest absolute Gasteiger partial charge is 0.179 e. The lowest BCUT2D eigenvalue weighted by molar-refractivity contribution is 0.979. The Kier molecular flexibility index (Phi) is 3.58. The van der Waals surface area contributed by atoms with E-state index in [0.29, 0.717) is 6.54 Å². The molecule has 0 atom stereocenters. The summed E-state index contributed by atoms with van der Waals surface area (Å²) in [5.41, 5.74) is 8.11. The maximum atomic E-state index is 5.71. The van der Waals surface area contributed by atoms with Crippen molar-refractivity contribution in [3.63, 3.8) is 0 Å². The average molecular weight is 251 g/mol. The Bertz CT molecular complexity index is 494. The third-order valence-corrected chi connectivity index (χ3v) is 4.14. The van der Waals surface area contributed by atoms with Gasteiger partial charge in [0.2, 0.25) is 0 Å². The highest BCUT2D eigenvalue weighted by molar-refractivity contribution is 8.01. The van der Waals surface area contributed by atoms with Crippen molar-refractivity contribution in [3.8, 4) is 0 Å². The highest BCUT2D eigenvalue weighted by Gasteiger charge is 2.07. The lowest BCUT2D eigenvalue weighted by atomic mass is 10.1. The molecule has 84 valence electrons. The molecule has 0 unspecified atom stereocenters. The van der Waals surface area contributed by atoms with Crippen LogP contribution < -0.4 is 5.73 Å². The van der Waals surface area contributed by atoms with Crippen LogP contribution in [0.3, 0.4) is 0 Å². The fourth-order valence-electron chi connectivity index (χ4n) is 1.34. The Balaban J connectivity index is 2.29. The second-order valence-corrected chi connectivity index (χ2v) is 5.98. The number of rotatable bonds is 3. The third-order valence-electron chi connectivity index (χ3n) is 2.15. The summed E-state index contributed by atoms with van der Waals surface area (Å²) in [5.74, 6) is 0. The van der Waals surface area contributed by atoms with E-state index in [1.54, 1.807) is 23.1 Å². The molecular formula is C11H13N3S2. The molecule has 0 spiro atoms. The van der Waals surface area contributed by atoms with Crippen LogP contribution in [0, 0.1) is 13.8 Å². The fraction of sp³-hybridized carbons (Fsp3) is 0.273. The molecule has 2 N–H and O–H groups in total. The molecular weight excluding hydrogens is 238 g/mol. The maximum Gasteiger partial charge on any atom is 0.179 e. The number of aryl methyl sites for hydroxylation is 2. The van der Waals surface area contributed by atoms with Gasteiger partial charge in [0.05, 0.1) is 0 Å². The highest BCUT2D eigenvalue weighted by atomic mass is 32.2. The van der Waals surface area contributed by atoms with Gasteiger partial charge in [-0.15, -0.1) is 10.2 Å². The van der Waals surface area contributed by atoms with Crippen molar-refractivity contribution < 1.29 is 0 Å².